The molecule has 0 heterocycles. The Hall–Kier alpha value is -1.51. The average molecular weight is 231 g/mol. The molecule has 0 saturated carbocycles. The number of carboxylic acids is 1. The summed E-state index contributed by atoms with van der Waals surface area (Å²) in [5.41, 5.74) is 0. The van der Waals surface area contributed by atoms with Crippen LogP contribution in [0.25, 0.3) is 0 Å². The van der Waals surface area contributed by atoms with E-state index in [9.17, 15) is 22.8 Å². The number of alkyl carbamates (subject to hydrolysis) is 1. The van der Waals surface area contributed by atoms with Crippen LogP contribution < -0.4 is 5.32 Å². The first-order valence-corrected chi connectivity index (χ1v) is 3.60. The number of carbonyl (C=O) groups excluding carboxylic acids is 1. The fourth-order valence-corrected chi connectivity index (χ4v) is 0.517. The van der Waals surface area contributed by atoms with Gasteiger partial charge in [-0.2, -0.15) is 13.2 Å². The third-order valence-corrected chi connectivity index (χ3v) is 1.14. The fourth-order valence-electron chi connectivity index (χ4n) is 0.517. The van der Waals surface area contributed by atoms with Gasteiger partial charge in [0.25, 0.3) is 0 Å². The van der Waals surface area contributed by atoms with Gasteiger partial charge in [-0.05, 0) is 0 Å². The highest BCUT2D eigenvalue weighted by atomic mass is 19.4. The molecule has 0 saturated heterocycles. The molecule has 0 aliphatic heterocycles. The summed E-state index contributed by atoms with van der Waals surface area (Å²) < 4.78 is 38.2. The highest BCUT2D eigenvalue weighted by molar-refractivity contribution is 5.79. The van der Waals surface area contributed by atoms with E-state index in [0.29, 0.717) is 0 Å². The minimum Gasteiger partial charge on any atom is -0.480 e. The van der Waals surface area contributed by atoms with Crippen LogP contribution in [0.3, 0.4) is 0 Å². The maximum absolute atomic E-state index is 11.5. The molecule has 1 atom stereocenters. The van der Waals surface area contributed by atoms with Gasteiger partial charge in [-0.1, -0.05) is 0 Å². The molecule has 0 aromatic carbocycles. The zero-order valence-electron chi connectivity index (χ0n) is 7.24. The fraction of sp³-hybridized carbons (Fsp3) is 0.667. The minimum atomic E-state index is -4.69. The van der Waals surface area contributed by atoms with Crippen molar-refractivity contribution in [3.8, 4) is 0 Å². The predicted molar refractivity (Wildman–Crippen MR) is 39.0 cm³/mol. The van der Waals surface area contributed by atoms with Gasteiger partial charge in [0.1, 0.15) is 0 Å². The number of hydrogen-bond acceptors (Lipinski definition) is 4. The van der Waals surface area contributed by atoms with Crippen molar-refractivity contribution in [3.05, 3.63) is 0 Å². The molecule has 0 aliphatic carbocycles. The summed E-state index contributed by atoms with van der Waals surface area (Å²) >= 11 is 0. The summed E-state index contributed by atoms with van der Waals surface area (Å²) in [5, 5.41) is 18.2. The number of alkyl halides is 3. The van der Waals surface area contributed by atoms with Crippen molar-refractivity contribution in [2.45, 2.75) is 12.2 Å². The van der Waals surface area contributed by atoms with E-state index in [1.54, 1.807) is 0 Å². The number of rotatable bonds is 4. The maximum Gasteiger partial charge on any atom is 0.422 e. The van der Waals surface area contributed by atoms with E-state index in [-0.39, 0.29) is 0 Å². The highest BCUT2D eigenvalue weighted by Gasteiger charge is 2.30. The smallest absolute Gasteiger partial charge is 0.422 e. The number of aliphatic hydroxyl groups is 1. The van der Waals surface area contributed by atoms with E-state index in [1.807, 2.05) is 0 Å². The molecule has 15 heavy (non-hydrogen) atoms. The van der Waals surface area contributed by atoms with Crippen LogP contribution >= 0.6 is 0 Å². The number of hydrogen-bond donors (Lipinski definition) is 3. The van der Waals surface area contributed by atoms with Crippen molar-refractivity contribution < 1.29 is 37.7 Å². The first kappa shape index (κ1) is 13.5. The molecule has 0 bridgehead atoms. The topological polar surface area (TPSA) is 95.9 Å². The minimum absolute atomic E-state index is 0.948. The first-order chi connectivity index (χ1) is 6.76. The zero-order valence-corrected chi connectivity index (χ0v) is 7.24. The Kier molecular flexibility index (Phi) is 4.85. The number of carbonyl (C=O) groups is 2. The van der Waals surface area contributed by atoms with Gasteiger partial charge in [0, 0.05) is 0 Å². The van der Waals surface area contributed by atoms with Gasteiger partial charge < -0.3 is 20.3 Å². The van der Waals surface area contributed by atoms with Crippen molar-refractivity contribution in [1.82, 2.24) is 5.32 Å². The second kappa shape index (κ2) is 5.39. The molecule has 88 valence electrons. The predicted octanol–water partition coefficient (Wildman–Crippen LogP) is -0.280. The lowest BCUT2D eigenvalue weighted by molar-refractivity contribution is -0.160. The largest absolute Gasteiger partial charge is 0.480 e. The Balaban J connectivity index is 3.98. The van der Waals surface area contributed by atoms with Crippen molar-refractivity contribution >= 4 is 12.1 Å². The van der Waals surface area contributed by atoms with Gasteiger partial charge in [0.2, 0.25) is 0 Å². The van der Waals surface area contributed by atoms with Crippen LogP contribution in [0.5, 0.6) is 0 Å². The SMILES string of the molecule is O=C(N[C@@H](CO)C(=O)O)OCC(F)(F)F. The molecule has 3 N–H and O–H groups in total. The number of amides is 1. The lowest BCUT2D eigenvalue weighted by atomic mass is 10.3. The quantitative estimate of drug-likeness (QED) is 0.618. The Morgan fingerprint density at radius 1 is 1.40 bits per heavy atom. The Morgan fingerprint density at radius 3 is 2.27 bits per heavy atom. The van der Waals surface area contributed by atoms with Crippen LogP contribution in [0.2, 0.25) is 0 Å². The molecule has 0 aliphatic rings. The van der Waals surface area contributed by atoms with Crippen LogP contribution in [0.4, 0.5) is 18.0 Å². The standard InChI is InChI=1S/C6H8F3NO5/c7-6(8,9)2-15-5(14)10-3(1-11)4(12)13/h3,11H,1-2H2,(H,10,14)(H,12,13)/t3-/m0/s1. The van der Waals surface area contributed by atoms with Crippen molar-refractivity contribution in [3.63, 3.8) is 0 Å². The van der Waals surface area contributed by atoms with Crippen LogP contribution in [0, 0.1) is 0 Å². The van der Waals surface area contributed by atoms with Crippen LogP contribution in [-0.4, -0.2) is 47.7 Å². The van der Waals surface area contributed by atoms with Gasteiger partial charge in [0.15, 0.2) is 12.6 Å². The van der Waals surface area contributed by atoms with Crippen molar-refractivity contribution in [2.75, 3.05) is 13.2 Å². The number of nitrogens with one attached hydrogen (secondary N) is 1. The van der Waals surface area contributed by atoms with E-state index >= 15 is 0 Å². The lowest BCUT2D eigenvalue weighted by Gasteiger charge is -2.12. The normalized spacial score (nSPS) is 13.1. The molecule has 1 amide bonds. The number of halogens is 3. The lowest BCUT2D eigenvalue weighted by Crippen LogP contribution is -2.44. The first-order valence-electron chi connectivity index (χ1n) is 3.60. The van der Waals surface area contributed by atoms with Gasteiger partial charge in [-0.25, -0.2) is 9.59 Å². The Labute approximate surface area is 81.6 Å². The molecule has 6 nitrogen and oxygen atoms in total. The number of carboxylic acid groups (broad SMARTS) is 1. The molecule has 9 heteroatoms. The second-order valence-electron chi connectivity index (χ2n) is 2.41. The maximum atomic E-state index is 11.5. The monoisotopic (exact) mass is 231 g/mol. The van der Waals surface area contributed by atoms with Gasteiger partial charge in [-0.15, -0.1) is 0 Å². The third-order valence-electron chi connectivity index (χ3n) is 1.14. The molecule has 0 radical (unpaired) electrons. The van der Waals surface area contributed by atoms with Crippen LogP contribution in [-0.2, 0) is 9.53 Å². The number of aliphatic carboxylic acids is 1. The number of aliphatic hydroxyl groups excluding tert-OH is 1. The highest BCUT2D eigenvalue weighted by Crippen LogP contribution is 2.14. The van der Waals surface area contributed by atoms with Gasteiger partial charge >= 0.3 is 18.2 Å². The summed E-state index contributed by atoms with van der Waals surface area (Å²) in [6.07, 6.45) is -6.25. The second-order valence-corrected chi connectivity index (χ2v) is 2.41. The zero-order chi connectivity index (χ0) is 12.1. The molecular weight excluding hydrogens is 223 g/mol. The summed E-state index contributed by atoms with van der Waals surface area (Å²) in [6.45, 7) is -2.77. The van der Waals surface area contributed by atoms with E-state index in [1.165, 1.54) is 5.32 Å². The molecule has 0 aromatic rings. The van der Waals surface area contributed by atoms with Gasteiger partial charge in [0.05, 0.1) is 6.61 Å². The average Bonchev–Trinajstić information content (AvgIpc) is 2.09. The summed E-state index contributed by atoms with van der Waals surface area (Å²) in [5.74, 6) is -1.58. The Bertz CT molecular complexity index is 241. The van der Waals surface area contributed by atoms with Gasteiger partial charge in [-0.3, -0.25) is 0 Å². The molecular formula is C6H8F3NO5. The van der Waals surface area contributed by atoms with E-state index < -0.39 is 37.5 Å². The molecule has 0 fully saturated rings. The Morgan fingerprint density at radius 2 is 1.93 bits per heavy atom. The molecule has 0 rings (SSSR count). The van der Waals surface area contributed by atoms with Crippen LogP contribution in [0.1, 0.15) is 0 Å². The molecule has 0 aromatic heterocycles. The van der Waals surface area contributed by atoms with E-state index in [2.05, 4.69) is 4.74 Å². The number of ether oxygens (including phenoxy) is 1. The third kappa shape index (κ3) is 6.55. The summed E-state index contributed by atoms with van der Waals surface area (Å²) in [4.78, 5) is 20.8. The summed E-state index contributed by atoms with van der Waals surface area (Å²) in [7, 11) is 0. The molecule has 0 unspecified atom stereocenters. The van der Waals surface area contributed by atoms with E-state index in [4.69, 9.17) is 10.2 Å². The molecule has 0 spiro atoms. The van der Waals surface area contributed by atoms with Crippen molar-refractivity contribution in [1.29, 1.82) is 0 Å². The van der Waals surface area contributed by atoms with Crippen molar-refractivity contribution in [2.24, 2.45) is 0 Å². The van der Waals surface area contributed by atoms with E-state index in [0.717, 1.165) is 0 Å². The van der Waals surface area contributed by atoms with Crippen LogP contribution in [0.15, 0.2) is 0 Å². The summed E-state index contributed by atoms with van der Waals surface area (Å²) in [6, 6.07) is -1.69.